The van der Waals surface area contributed by atoms with Gasteiger partial charge in [0, 0.05) is 17.3 Å². The maximum absolute atomic E-state index is 12.5. The van der Waals surface area contributed by atoms with Crippen LogP contribution >= 0.6 is 22.9 Å². The van der Waals surface area contributed by atoms with Crippen molar-refractivity contribution in [1.29, 1.82) is 0 Å². The molecule has 4 aromatic heterocycles. The van der Waals surface area contributed by atoms with E-state index in [2.05, 4.69) is 25.3 Å². The molecule has 0 unspecified atom stereocenters. The summed E-state index contributed by atoms with van der Waals surface area (Å²) in [5, 5.41) is 4.08. The Morgan fingerprint density at radius 1 is 1.08 bits per heavy atom. The molecule has 0 spiro atoms. The number of aryl methyl sites for hydroxylation is 1. The van der Waals surface area contributed by atoms with Gasteiger partial charge >= 0.3 is 0 Å². The average molecular weight is 559 g/mol. The lowest BCUT2D eigenvalue weighted by molar-refractivity contribution is -0.117. The second-order valence-corrected chi connectivity index (χ2v) is 12.1. The molecule has 0 aliphatic rings. The summed E-state index contributed by atoms with van der Waals surface area (Å²) in [5.41, 5.74) is 3.55. The fraction of sp³-hybridized carbons (Fsp3) is 0.250. The molecule has 0 aromatic carbocycles. The van der Waals surface area contributed by atoms with E-state index in [1.54, 1.807) is 0 Å². The van der Waals surface area contributed by atoms with Crippen molar-refractivity contribution in [2.45, 2.75) is 32.4 Å². The topological polar surface area (TPSA) is 137 Å². The zero-order chi connectivity index (χ0) is 26.7. The van der Waals surface area contributed by atoms with Crippen LogP contribution in [-0.2, 0) is 21.2 Å². The Morgan fingerprint density at radius 3 is 2.51 bits per heavy atom. The average Bonchev–Trinajstić information content (AvgIpc) is 3.49. The van der Waals surface area contributed by atoms with Crippen LogP contribution in [0.15, 0.2) is 48.2 Å². The Balaban J connectivity index is 1.38. The smallest absolute Gasteiger partial charge is 0.253 e. The Hall–Kier alpha value is -3.48. The molecule has 0 fully saturated rings. The monoisotopic (exact) mass is 558 g/mol. The third-order valence-electron chi connectivity index (χ3n) is 5.30. The molecule has 4 rings (SSSR count). The Bertz CT molecular complexity index is 1580. The van der Waals surface area contributed by atoms with Gasteiger partial charge in [0.15, 0.2) is 5.78 Å². The molecule has 10 nitrogen and oxygen atoms in total. The number of aromatic nitrogens is 5. The molecule has 37 heavy (non-hydrogen) atoms. The Morgan fingerprint density at radius 2 is 1.81 bits per heavy atom. The lowest BCUT2D eigenvalue weighted by Gasteiger charge is -2.09. The predicted octanol–water partition coefficient (Wildman–Crippen LogP) is 3.55. The highest BCUT2D eigenvalue weighted by molar-refractivity contribution is 7.90. The van der Waals surface area contributed by atoms with Gasteiger partial charge in [0.1, 0.15) is 16.5 Å². The summed E-state index contributed by atoms with van der Waals surface area (Å²) in [6, 6.07) is 8.64. The van der Waals surface area contributed by atoms with Crippen molar-refractivity contribution in [1.82, 2.24) is 29.2 Å². The van der Waals surface area contributed by atoms with Crippen molar-refractivity contribution in [2.75, 3.05) is 6.54 Å². The number of hydrogen-bond donors (Lipinski definition) is 1. The van der Waals surface area contributed by atoms with E-state index in [4.69, 9.17) is 11.6 Å². The van der Waals surface area contributed by atoms with E-state index in [1.807, 2.05) is 36.6 Å². The van der Waals surface area contributed by atoms with E-state index in [0.717, 1.165) is 15.9 Å². The standard InChI is InChI=1S/C24H23ClN6O4S2/c1-14(2)37(34,35)31-11-16(8-22(31)25)24(33)26-10-17(32)9-23-30-21(12-36-23)19-6-4-5-18(29-19)20-7-15(3)27-13-28-20/h4-8,11-14H,9-10H2,1-3H3,(H,26,33). The van der Waals surface area contributed by atoms with Crippen molar-refractivity contribution in [3.8, 4) is 22.8 Å². The molecule has 192 valence electrons. The van der Waals surface area contributed by atoms with Crippen molar-refractivity contribution in [2.24, 2.45) is 0 Å². The summed E-state index contributed by atoms with van der Waals surface area (Å²) < 4.78 is 25.6. The SMILES string of the molecule is Cc1cc(-c2cccc(-c3csc(CC(=O)CNC(=O)c4cc(Cl)n(S(=O)(=O)C(C)C)c4)n3)n2)ncn1. The first-order chi connectivity index (χ1) is 17.5. The quantitative estimate of drug-likeness (QED) is 0.329. The van der Waals surface area contributed by atoms with Crippen molar-refractivity contribution >= 4 is 44.7 Å². The number of ketones is 1. The van der Waals surface area contributed by atoms with Crippen LogP contribution in [-0.4, -0.2) is 55.8 Å². The van der Waals surface area contributed by atoms with E-state index in [0.29, 0.717) is 27.8 Å². The van der Waals surface area contributed by atoms with E-state index in [9.17, 15) is 18.0 Å². The summed E-state index contributed by atoms with van der Waals surface area (Å²) in [5.74, 6) is -0.860. The molecule has 1 amide bonds. The summed E-state index contributed by atoms with van der Waals surface area (Å²) in [6.07, 6.45) is 2.66. The normalized spacial score (nSPS) is 11.6. The fourth-order valence-electron chi connectivity index (χ4n) is 3.30. The lowest BCUT2D eigenvalue weighted by atomic mass is 10.2. The van der Waals surface area contributed by atoms with Gasteiger partial charge in [0.05, 0.1) is 46.6 Å². The van der Waals surface area contributed by atoms with Crippen molar-refractivity contribution in [3.63, 3.8) is 0 Å². The fourth-order valence-corrected chi connectivity index (χ4v) is 5.58. The second kappa shape index (κ2) is 10.9. The van der Waals surface area contributed by atoms with Crippen LogP contribution in [0.2, 0.25) is 5.15 Å². The third kappa shape index (κ3) is 6.09. The van der Waals surface area contributed by atoms with Gasteiger partial charge in [0.25, 0.3) is 5.91 Å². The van der Waals surface area contributed by atoms with Crippen LogP contribution in [0.5, 0.6) is 0 Å². The summed E-state index contributed by atoms with van der Waals surface area (Å²) >= 11 is 7.33. The molecule has 0 bridgehead atoms. The van der Waals surface area contributed by atoms with Crippen LogP contribution in [0.3, 0.4) is 0 Å². The zero-order valence-corrected chi connectivity index (χ0v) is 22.6. The molecule has 4 heterocycles. The number of rotatable bonds is 9. The molecular weight excluding hydrogens is 536 g/mol. The number of halogens is 1. The van der Waals surface area contributed by atoms with E-state index in [1.165, 1.54) is 37.6 Å². The number of carbonyl (C=O) groups excluding carboxylic acids is 2. The maximum Gasteiger partial charge on any atom is 0.253 e. The molecule has 13 heteroatoms. The van der Waals surface area contributed by atoms with Gasteiger partial charge in [0.2, 0.25) is 10.0 Å². The van der Waals surface area contributed by atoms with E-state index < -0.39 is 21.2 Å². The number of thiazole rings is 1. The predicted molar refractivity (Wildman–Crippen MR) is 141 cm³/mol. The van der Waals surface area contributed by atoms with Crippen LogP contribution in [0.1, 0.15) is 34.9 Å². The molecular formula is C24H23ClN6O4S2. The Labute approximate surface area is 222 Å². The number of carbonyl (C=O) groups is 2. The van der Waals surface area contributed by atoms with Gasteiger partial charge in [-0.25, -0.2) is 32.3 Å². The van der Waals surface area contributed by atoms with Crippen molar-refractivity contribution in [3.05, 3.63) is 69.7 Å². The van der Waals surface area contributed by atoms with Crippen LogP contribution < -0.4 is 5.32 Å². The molecule has 0 atom stereocenters. The summed E-state index contributed by atoms with van der Waals surface area (Å²) in [6.45, 7) is 4.66. The highest BCUT2D eigenvalue weighted by Crippen LogP contribution is 2.24. The minimum absolute atomic E-state index is 0.0270. The van der Waals surface area contributed by atoms with Gasteiger partial charge in [-0.2, -0.15) is 0 Å². The molecule has 0 aliphatic heterocycles. The molecule has 0 saturated heterocycles. The number of pyridine rings is 1. The highest BCUT2D eigenvalue weighted by Gasteiger charge is 2.23. The molecule has 0 aliphatic carbocycles. The lowest BCUT2D eigenvalue weighted by Crippen LogP contribution is -2.30. The number of nitrogens with zero attached hydrogens (tertiary/aromatic N) is 5. The number of nitrogens with one attached hydrogen (secondary N) is 1. The molecule has 0 radical (unpaired) electrons. The highest BCUT2D eigenvalue weighted by atomic mass is 35.5. The summed E-state index contributed by atoms with van der Waals surface area (Å²) in [7, 11) is -3.71. The van der Waals surface area contributed by atoms with Crippen LogP contribution in [0, 0.1) is 6.92 Å². The van der Waals surface area contributed by atoms with E-state index in [-0.39, 0.29) is 29.5 Å². The van der Waals surface area contributed by atoms with Gasteiger partial charge in [-0.3, -0.25) is 9.59 Å². The summed E-state index contributed by atoms with van der Waals surface area (Å²) in [4.78, 5) is 42.5. The second-order valence-electron chi connectivity index (χ2n) is 8.42. The Kier molecular flexibility index (Phi) is 7.81. The molecule has 1 N–H and O–H groups in total. The maximum atomic E-state index is 12.5. The third-order valence-corrected chi connectivity index (χ3v) is 8.58. The molecule has 0 saturated carbocycles. The minimum atomic E-state index is -3.71. The van der Waals surface area contributed by atoms with Gasteiger partial charge in [-0.05, 0) is 45.0 Å². The van der Waals surface area contributed by atoms with Gasteiger partial charge in [-0.15, -0.1) is 11.3 Å². The molecule has 4 aromatic rings. The minimum Gasteiger partial charge on any atom is -0.345 e. The van der Waals surface area contributed by atoms with Gasteiger partial charge in [-0.1, -0.05) is 17.7 Å². The van der Waals surface area contributed by atoms with Crippen molar-refractivity contribution < 1.29 is 18.0 Å². The number of Topliss-reactive ketones (excluding diaryl/α,β-unsaturated/α-hetero) is 1. The zero-order valence-electron chi connectivity index (χ0n) is 20.2. The van der Waals surface area contributed by atoms with Crippen LogP contribution in [0.4, 0.5) is 0 Å². The first kappa shape index (κ1) is 26.6. The first-order valence-electron chi connectivity index (χ1n) is 11.2. The number of hydrogen-bond acceptors (Lipinski definition) is 9. The van der Waals surface area contributed by atoms with Crippen LogP contribution in [0.25, 0.3) is 22.8 Å². The first-order valence-corrected chi connectivity index (χ1v) is 13.9. The largest absolute Gasteiger partial charge is 0.345 e. The van der Waals surface area contributed by atoms with E-state index >= 15 is 0 Å². The van der Waals surface area contributed by atoms with Gasteiger partial charge < -0.3 is 5.32 Å². The number of amides is 1.